The van der Waals surface area contributed by atoms with Crippen molar-refractivity contribution in [1.82, 2.24) is 9.80 Å². The number of likely N-dealkylation sites (N-methyl/N-ethyl adjacent to an activating group) is 2. The molecular weight excluding hydrogens is 294 g/mol. The molecule has 0 aromatic rings. The molecule has 0 aromatic heterocycles. The zero-order valence-corrected chi connectivity index (χ0v) is 16.1. The lowest BCUT2D eigenvalue weighted by molar-refractivity contribution is 0.106. The minimum Gasteiger partial charge on any atom is -0.318 e. The molecule has 3 heteroatoms. The van der Waals surface area contributed by atoms with Crippen LogP contribution in [0.5, 0.6) is 0 Å². The van der Waals surface area contributed by atoms with Crippen molar-refractivity contribution < 1.29 is 0 Å². The number of nitrogens with two attached hydrogens (primary N) is 1. The van der Waals surface area contributed by atoms with Crippen LogP contribution in [0.15, 0.2) is 35.5 Å². The van der Waals surface area contributed by atoms with E-state index in [4.69, 9.17) is 5.73 Å². The van der Waals surface area contributed by atoms with Crippen molar-refractivity contribution >= 4 is 0 Å². The highest BCUT2D eigenvalue weighted by molar-refractivity contribution is 5.45. The molecule has 0 radical (unpaired) electrons. The van der Waals surface area contributed by atoms with E-state index in [1.165, 1.54) is 31.4 Å². The quantitative estimate of drug-likeness (QED) is 0.620. The summed E-state index contributed by atoms with van der Waals surface area (Å²) in [6, 6.07) is 1.14. The van der Waals surface area contributed by atoms with E-state index in [9.17, 15) is 0 Å². The molecule has 3 aliphatic rings. The van der Waals surface area contributed by atoms with E-state index >= 15 is 0 Å². The molecule has 0 spiro atoms. The summed E-state index contributed by atoms with van der Waals surface area (Å²) in [5.74, 6) is 1.31. The summed E-state index contributed by atoms with van der Waals surface area (Å²) in [5.41, 5.74) is 9.26. The lowest BCUT2D eigenvalue weighted by Crippen LogP contribution is -2.51. The molecule has 2 N–H and O–H groups in total. The van der Waals surface area contributed by atoms with Crippen LogP contribution in [0.4, 0.5) is 0 Å². The summed E-state index contributed by atoms with van der Waals surface area (Å²) < 4.78 is 0. The van der Waals surface area contributed by atoms with Crippen LogP contribution < -0.4 is 5.73 Å². The van der Waals surface area contributed by atoms with Crippen LogP contribution in [-0.2, 0) is 0 Å². The van der Waals surface area contributed by atoms with Crippen LogP contribution in [0, 0.1) is 17.3 Å². The lowest BCUT2D eigenvalue weighted by atomic mass is 9.66. The molecule has 6 atom stereocenters. The number of hydrogen-bond acceptors (Lipinski definition) is 3. The Morgan fingerprint density at radius 3 is 2.71 bits per heavy atom. The molecule has 134 valence electrons. The van der Waals surface area contributed by atoms with Gasteiger partial charge in [0.1, 0.15) is 0 Å². The molecule has 0 amide bonds. The van der Waals surface area contributed by atoms with Gasteiger partial charge in [-0.3, -0.25) is 9.80 Å². The van der Waals surface area contributed by atoms with Gasteiger partial charge in [0.2, 0.25) is 0 Å². The smallest absolute Gasteiger partial charge is 0.0456 e. The minimum absolute atomic E-state index is 0.195. The third kappa shape index (κ3) is 3.40. The molecule has 0 saturated carbocycles. The third-order valence-electron chi connectivity index (χ3n) is 6.45. The summed E-state index contributed by atoms with van der Waals surface area (Å²) in [6.45, 7) is 9.00. The first-order valence-electron chi connectivity index (χ1n) is 9.57. The fourth-order valence-electron chi connectivity index (χ4n) is 4.83. The molecule has 1 saturated heterocycles. The summed E-state index contributed by atoms with van der Waals surface area (Å²) in [6.07, 6.45) is 13.5. The molecule has 0 aromatic carbocycles. The van der Waals surface area contributed by atoms with E-state index in [-0.39, 0.29) is 5.41 Å². The Hall–Kier alpha value is -0.900. The Morgan fingerprint density at radius 2 is 2.12 bits per heavy atom. The Labute approximate surface area is 148 Å². The van der Waals surface area contributed by atoms with Crippen LogP contribution in [0.3, 0.4) is 0 Å². The largest absolute Gasteiger partial charge is 0.318 e. The van der Waals surface area contributed by atoms with Crippen molar-refractivity contribution in [2.45, 2.75) is 52.1 Å². The zero-order chi connectivity index (χ0) is 17.5. The maximum atomic E-state index is 6.04. The fourth-order valence-corrected chi connectivity index (χ4v) is 4.83. The van der Waals surface area contributed by atoms with E-state index in [1.54, 1.807) is 5.57 Å². The highest BCUT2D eigenvalue weighted by Crippen LogP contribution is 2.47. The molecule has 1 fully saturated rings. The van der Waals surface area contributed by atoms with Crippen LogP contribution in [0.25, 0.3) is 0 Å². The van der Waals surface area contributed by atoms with E-state index in [0.717, 1.165) is 0 Å². The predicted molar refractivity (Wildman–Crippen MR) is 103 cm³/mol. The third-order valence-corrected chi connectivity index (χ3v) is 6.45. The molecular formula is C21H35N3. The van der Waals surface area contributed by atoms with E-state index < -0.39 is 0 Å². The molecule has 3 nitrogen and oxygen atoms in total. The lowest BCUT2D eigenvalue weighted by Gasteiger charge is -2.45. The molecule has 1 aliphatic heterocycles. The van der Waals surface area contributed by atoms with Gasteiger partial charge in [-0.1, -0.05) is 45.1 Å². The second-order valence-corrected chi connectivity index (χ2v) is 8.67. The van der Waals surface area contributed by atoms with Crippen molar-refractivity contribution in [1.29, 1.82) is 0 Å². The molecule has 24 heavy (non-hydrogen) atoms. The van der Waals surface area contributed by atoms with Gasteiger partial charge in [-0.2, -0.15) is 0 Å². The highest BCUT2D eigenvalue weighted by atomic mass is 15.3. The first-order chi connectivity index (χ1) is 11.4. The molecule has 6 unspecified atom stereocenters. The van der Waals surface area contributed by atoms with E-state index in [2.05, 4.69) is 69.0 Å². The Bertz CT molecular complexity index is 557. The average molecular weight is 330 g/mol. The number of nitrogens with zero attached hydrogens (tertiary/aromatic N) is 2. The summed E-state index contributed by atoms with van der Waals surface area (Å²) >= 11 is 0. The van der Waals surface area contributed by atoms with Crippen molar-refractivity contribution in [3.63, 3.8) is 0 Å². The SMILES string of the molecule is CC1C=C(C2=CC(C)(C(C3CN3C)N(C)CN)CCC2C)C=CC1. The van der Waals surface area contributed by atoms with Crippen LogP contribution in [0.2, 0.25) is 0 Å². The second-order valence-electron chi connectivity index (χ2n) is 8.67. The first-order valence-corrected chi connectivity index (χ1v) is 9.57. The van der Waals surface area contributed by atoms with Crippen molar-refractivity contribution in [2.75, 3.05) is 27.3 Å². The van der Waals surface area contributed by atoms with Crippen LogP contribution >= 0.6 is 0 Å². The molecule has 1 heterocycles. The van der Waals surface area contributed by atoms with Gasteiger partial charge < -0.3 is 5.73 Å². The zero-order valence-electron chi connectivity index (χ0n) is 16.1. The highest BCUT2D eigenvalue weighted by Gasteiger charge is 2.49. The van der Waals surface area contributed by atoms with E-state index in [1.807, 2.05) is 0 Å². The van der Waals surface area contributed by atoms with Crippen molar-refractivity contribution in [3.8, 4) is 0 Å². The van der Waals surface area contributed by atoms with Gasteiger partial charge >= 0.3 is 0 Å². The maximum Gasteiger partial charge on any atom is 0.0456 e. The summed E-state index contributed by atoms with van der Waals surface area (Å²) in [7, 11) is 4.42. The number of rotatable bonds is 5. The Kier molecular flexibility index (Phi) is 5.06. The molecule has 2 aliphatic carbocycles. The van der Waals surface area contributed by atoms with Gasteiger partial charge in [-0.25, -0.2) is 0 Å². The first kappa shape index (κ1) is 17.9. The average Bonchev–Trinajstić information content (AvgIpc) is 3.26. The maximum absolute atomic E-state index is 6.04. The number of hydrogen-bond donors (Lipinski definition) is 1. The Morgan fingerprint density at radius 1 is 1.42 bits per heavy atom. The van der Waals surface area contributed by atoms with Crippen molar-refractivity contribution in [2.24, 2.45) is 23.0 Å². The summed E-state index contributed by atoms with van der Waals surface area (Å²) in [4.78, 5) is 4.82. The topological polar surface area (TPSA) is 32.3 Å². The Balaban J connectivity index is 1.95. The van der Waals surface area contributed by atoms with Crippen molar-refractivity contribution in [3.05, 3.63) is 35.5 Å². The number of allylic oxidation sites excluding steroid dienone is 5. The predicted octanol–water partition coefficient (Wildman–Crippen LogP) is 3.40. The van der Waals surface area contributed by atoms with Gasteiger partial charge in [0.05, 0.1) is 0 Å². The van der Waals surface area contributed by atoms with Gasteiger partial charge in [0.15, 0.2) is 0 Å². The van der Waals surface area contributed by atoms with Gasteiger partial charge in [-0.05, 0) is 56.3 Å². The van der Waals surface area contributed by atoms with E-state index in [0.29, 0.717) is 30.6 Å². The van der Waals surface area contributed by atoms with Gasteiger partial charge in [-0.15, -0.1) is 0 Å². The van der Waals surface area contributed by atoms with Crippen LogP contribution in [-0.4, -0.2) is 49.2 Å². The monoisotopic (exact) mass is 329 g/mol. The molecule has 3 rings (SSSR count). The standard InChI is InChI=1S/C21H35N3/c1-15-7-6-8-17(11-15)18-12-21(3,10-9-16(18)2)20(24(5)14-22)19-13-23(19)4/h6,8,11-12,15-16,19-20H,7,9-10,13-14,22H2,1-5H3. The van der Waals surface area contributed by atoms with Crippen LogP contribution in [0.1, 0.15) is 40.0 Å². The minimum atomic E-state index is 0.195. The summed E-state index contributed by atoms with van der Waals surface area (Å²) in [5, 5.41) is 0. The van der Waals surface area contributed by atoms with Gasteiger partial charge in [0.25, 0.3) is 0 Å². The molecule has 0 bridgehead atoms. The second kappa shape index (κ2) is 6.78. The van der Waals surface area contributed by atoms with Gasteiger partial charge in [0, 0.05) is 30.7 Å². The fraction of sp³-hybridized carbons (Fsp3) is 0.714. The normalized spacial score (nSPS) is 40.3.